The fraction of sp³-hybridized carbons (Fsp3) is 0.562. The predicted molar refractivity (Wildman–Crippen MR) is 84.5 cm³/mol. The van der Waals surface area contributed by atoms with Crippen molar-refractivity contribution in [1.29, 1.82) is 0 Å². The largest absolute Gasteiger partial charge is 0.450 e. The summed E-state index contributed by atoms with van der Waals surface area (Å²) in [7, 11) is 0. The minimum atomic E-state index is -0.212. The molecular formula is C16H25N3O2. The molecular weight excluding hydrogens is 266 g/mol. The highest BCUT2D eigenvalue weighted by molar-refractivity contribution is 5.68. The molecule has 116 valence electrons. The summed E-state index contributed by atoms with van der Waals surface area (Å²) in [5, 5.41) is 0. The van der Waals surface area contributed by atoms with Gasteiger partial charge in [0.25, 0.3) is 0 Å². The molecule has 0 aromatic heterocycles. The van der Waals surface area contributed by atoms with Crippen molar-refractivity contribution in [2.45, 2.75) is 26.3 Å². The van der Waals surface area contributed by atoms with Gasteiger partial charge in [0.1, 0.15) is 0 Å². The maximum absolute atomic E-state index is 11.7. The second kappa shape index (κ2) is 7.31. The molecule has 1 amide bonds. The number of amides is 1. The second-order valence-corrected chi connectivity index (χ2v) is 5.25. The number of nitrogens with zero attached hydrogens (tertiary/aromatic N) is 2. The molecule has 2 N–H and O–H groups in total. The zero-order valence-corrected chi connectivity index (χ0v) is 12.9. The molecule has 1 atom stereocenters. The monoisotopic (exact) mass is 291 g/mol. The number of ether oxygens (including phenoxy) is 1. The van der Waals surface area contributed by atoms with Crippen LogP contribution in [-0.2, 0) is 4.74 Å². The van der Waals surface area contributed by atoms with Crippen LogP contribution in [0.5, 0.6) is 0 Å². The maximum atomic E-state index is 11.7. The summed E-state index contributed by atoms with van der Waals surface area (Å²) < 4.78 is 5.05. The highest BCUT2D eigenvalue weighted by atomic mass is 16.6. The first kappa shape index (κ1) is 15.6. The topological polar surface area (TPSA) is 58.8 Å². The Morgan fingerprint density at radius 3 is 2.52 bits per heavy atom. The quantitative estimate of drug-likeness (QED) is 0.925. The third-order valence-electron chi connectivity index (χ3n) is 3.92. The predicted octanol–water partition coefficient (Wildman–Crippen LogP) is 2.37. The van der Waals surface area contributed by atoms with E-state index in [0.717, 1.165) is 19.5 Å². The molecule has 5 heteroatoms. The SMILES string of the molecule is CCOC(=O)N1CCN(c2ccccc2C(N)CC)CC1. The van der Waals surface area contributed by atoms with Gasteiger partial charge in [0.2, 0.25) is 0 Å². The lowest BCUT2D eigenvalue weighted by Gasteiger charge is -2.37. The van der Waals surface area contributed by atoms with E-state index >= 15 is 0 Å². The van der Waals surface area contributed by atoms with Crippen LogP contribution >= 0.6 is 0 Å². The molecule has 21 heavy (non-hydrogen) atoms. The molecule has 1 saturated heterocycles. The van der Waals surface area contributed by atoms with E-state index in [1.807, 2.05) is 19.1 Å². The minimum Gasteiger partial charge on any atom is -0.450 e. The van der Waals surface area contributed by atoms with Crippen LogP contribution in [0.2, 0.25) is 0 Å². The van der Waals surface area contributed by atoms with Crippen LogP contribution in [0.25, 0.3) is 0 Å². The second-order valence-electron chi connectivity index (χ2n) is 5.25. The van der Waals surface area contributed by atoms with Crippen LogP contribution in [0, 0.1) is 0 Å². The van der Waals surface area contributed by atoms with Gasteiger partial charge in [0.15, 0.2) is 0 Å². The van der Waals surface area contributed by atoms with Gasteiger partial charge in [0.05, 0.1) is 6.61 Å². The molecule has 0 radical (unpaired) electrons. The Bertz CT molecular complexity index is 470. The maximum Gasteiger partial charge on any atom is 0.409 e. The highest BCUT2D eigenvalue weighted by Gasteiger charge is 2.23. The first-order valence-electron chi connectivity index (χ1n) is 7.68. The standard InChI is InChI=1S/C16H25N3O2/c1-3-14(17)13-7-5-6-8-15(13)18-9-11-19(12-10-18)16(20)21-4-2/h5-8,14H,3-4,9-12,17H2,1-2H3. The molecule has 5 nitrogen and oxygen atoms in total. The first-order chi connectivity index (χ1) is 10.2. The van der Waals surface area contributed by atoms with E-state index in [2.05, 4.69) is 24.0 Å². The van der Waals surface area contributed by atoms with Gasteiger partial charge in [-0.25, -0.2) is 4.79 Å². The average Bonchev–Trinajstić information content (AvgIpc) is 2.54. The number of carbonyl (C=O) groups excluding carboxylic acids is 1. The Labute approximate surface area is 126 Å². The average molecular weight is 291 g/mol. The number of anilines is 1. The zero-order chi connectivity index (χ0) is 15.2. The van der Waals surface area contributed by atoms with Crippen molar-refractivity contribution in [3.05, 3.63) is 29.8 Å². The molecule has 0 saturated carbocycles. The summed E-state index contributed by atoms with van der Waals surface area (Å²) in [4.78, 5) is 15.8. The summed E-state index contributed by atoms with van der Waals surface area (Å²) in [6, 6.07) is 8.35. The number of para-hydroxylation sites is 1. The Morgan fingerprint density at radius 2 is 1.90 bits per heavy atom. The van der Waals surface area contributed by atoms with Crippen molar-refractivity contribution < 1.29 is 9.53 Å². The molecule has 1 unspecified atom stereocenters. The molecule has 1 aliphatic rings. The van der Waals surface area contributed by atoms with Crippen molar-refractivity contribution in [3.63, 3.8) is 0 Å². The van der Waals surface area contributed by atoms with E-state index in [4.69, 9.17) is 10.5 Å². The molecule has 0 aliphatic carbocycles. The van der Waals surface area contributed by atoms with Crippen molar-refractivity contribution in [2.24, 2.45) is 5.73 Å². The Kier molecular flexibility index (Phi) is 5.44. The van der Waals surface area contributed by atoms with Gasteiger partial charge < -0.3 is 20.3 Å². The van der Waals surface area contributed by atoms with Gasteiger partial charge in [-0.05, 0) is 25.0 Å². The lowest BCUT2D eigenvalue weighted by Crippen LogP contribution is -2.49. The van der Waals surface area contributed by atoms with Crippen LogP contribution in [0.1, 0.15) is 31.9 Å². The Morgan fingerprint density at radius 1 is 1.24 bits per heavy atom. The summed E-state index contributed by atoms with van der Waals surface area (Å²) in [5.41, 5.74) is 8.58. The molecule has 1 fully saturated rings. The Hall–Kier alpha value is -1.75. The minimum absolute atomic E-state index is 0.0595. The lowest BCUT2D eigenvalue weighted by atomic mass is 10.0. The summed E-state index contributed by atoms with van der Waals surface area (Å²) in [6.07, 6.45) is 0.704. The lowest BCUT2D eigenvalue weighted by molar-refractivity contribution is 0.105. The van der Waals surface area contributed by atoms with Gasteiger partial charge >= 0.3 is 6.09 Å². The summed E-state index contributed by atoms with van der Waals surface area (Å²) in [6.45, 7) is 7.35. The van der Waals surface area contributed by atoms with Crippen LogP contribution in [0.4, 0.5) is 10.5 Å². The third-order valence-corrected chi connectivity index (χ3v) is 3.92. The van der Waals surface area contributed by atoms with E-state index in [9.17, 15) is 4.79 Å². The van der Waals surface area contributed by atoms with Crippen molar-refractivity contribution in [2.75, 3.05) is 37.7 Å². The molecule has 1 heterocycles. The Balaban J connectivity index is 2.04. The molecule has 0 bridgehead atoms. The summed E-state index contributed by atoms with van der Waals surface area (Å²) in [5.74, 6) is 0. The molecule has 1 aromatic rings. The fourth-order valence-electron chi connectivity index (χ4n) is 2.65. The van der Waals surface area contributed by atoms with Crippen LogP contribution in [-0.4, -0.2) is 43.8 Å². The smallest absolute Gasteiger partial charge is 0.409 e. The van der Waals surface area contributed by atoms with Crippen LogP contribution < -0.4 is 10.6 Å². The first-order valence-corrected chi connectivity index (χ1v) is 7.68. The number of hydrogen-bond donors (Lipinski definition) is 1. The summed E-state index contributed by atoms with van der Waals surface area (Å²) >= 11 is 0. The number of piperazine rings is 1. The molecule has 1 aliphatic heterocycles. The van der Waals surface area contributed by atoms with E-state index < -0.39 is 0 Å². The molecule has 1 aromatic carbocycles. The third kappa shape index (κ3) is 3.67. The zero-order valence-electron chi connectivity index (χ0n) is 12.9. The van der Waals surface area contributed by atoms with Gasteiger partial charge in [-0.3, -0.25) is 0 Å². The molecule has 0 spiro atoms. The van der Waals surface area contributed by atoms with Crippen LogP contribution in [0.15, 0.2) is 24.3 Å². The fourth-order valence-corrected chi connectivity index (χ4v) is 2.65. The van der Waals surface area contributed by atoms with Gasteiger partial charge in [-0.1, -0.05) is 25.1 Å². The normalized spacial score (nSPS) is 16.7. The van der Waals surface area contributed by atoms with E-state index in [-0.39, 0.29) is 12.1 Å². The van der Waals surface area contributed by atoms with Crippen molar-refractivity contribution in [3.8, 4) is 0 Å². The van der Waals surface area contributed by atoms with Gasteiger partial charge in [-0.2, -0.15) is 0 Å². The highest BCUT2D eigenvalue weighted by Crippen LogP contribution is 2.27. The number of rotatable bonds is 4. The van der Waals surface area contributed by atoms with Crippen LogP contribution in [0.3, 0.4) is 0 Å². The number of carbonyl (C=O) groups is 1. The number of hydrogen-bond acceptors (Lipinski definition) is 4. The van der Waals surface area contributed by atoms with Crippen molar-refractivity contribution in [1.82, 2.24) is 4.90 Å². The van der Waals surface area contributed by atoms with E-state index in [0.29, 0.717) is 19.7 Å². The van der Waals surface area contributed by atoms with Crippen molar-refractivity contribution >= 4 is 11.8 Å². The van der Waals surface area contributed by atoms with E-state index in [1.54, 1.807) is 4.90 Å². The van der Waals surface area contributed by atoms with E-state index in [1.165, 1.54) is 11.3 Å². The number of benzene rings is 1. The van der Waals surface area contributed by atoms with Gasteiger partial charge in [-0.15, -0.1) is 0 Å². The van der Waals surface area contributed by atoms with Gasteiger partial charge in [0, 0.05) is 37.9 Å². The number of nitrogens with two attached hydrogens (primary N) is 1. The molecule has 2 rings (SSSR count).